The van der Waals surface area contributed by atoms with Gasteiger partial charge in [-0.3, -0.25) is 9.63 Å². The molecule has 1 aliphatic carbocycles. The van der Waals surface area contributed by atoms with E-state index < -0.39 is 98.3 Å². The van der Waals surface area contributed by atoms with Crippen LogP contribution in [0.4, 0.5) is 13.2 Å². The molecule has 12 unspecified atom stereocenters. The van der Waals surface area contributed by atoms with Crippen molar-refractivity contribution >= 4 is 5.91 Å². The lowest BCUT2D eigenvalue weighted by Crippen LogP contribution is -2.67. The topological polar surface area (TPSA) is 200 Å². The number of carbonyl (C=O) groups excluding carboxylic acids is 1. The normalized spacial score (nSPS) is 35.1. The van der Waals surface area contributed by atoms with E-state index in [4.69, 9.17) is 23.8 Å². The van der Waals surface area contributed by atoms with Gasteiger partial charge in [0.25, 0.3) is 0 Å². The molecule has 0 aromatic rings. The quantitative estimate of drug-likeness (QED) is 0.0876. The molecule has 0 aromatic carbocycles. The smallest absolute Gasteiger partial charge is 0.394 e. The third-order valence-electron chi connectivity index (χ3n) is 9.55. The van der Waals surface area contributed by atoms with Gasteiger partial charge in [-0.2, -0.15) is 18.2 Å². The molecule has 1 saturated carbocycles. The molecule has 0 aromatic heterocycles. The number of hydrogen-bond donors (Lipinski definition) is 7. The van der Waals surface area contributed by atoms with Crippen LogP contribution < -0.4 is 5.32 Å². The molecule has 0 bridgehead atoms. The maximum absolute atomic E-state index is 13.7. The lowest BCUT2D eigenvalue weighted by Gasteiger charge is -2.48. The highest BCUT2D eigenvalue weighted by molar-refractivity contribution is 5.73. The number of rotatable bonds is 16. The van der Waals surface area contributed by atoms with E-state index in [1.54, 1.807) is 20.8 Å². The van der Waals surface area contributed by atoms with E-state index in [0.29, 0.717) is 25.2 Å². The summed E-state index contributed by atoms with van der Waals surface area (Å²) < 4.78 is 64.1. The number of alkyl halides is 3. The zero-order valence-electron chi connectivity index (χ0n) is 28.1. The van der Waals surface area contributed by atoms with Gasteiger partial charge in [0, 0.05) is 19.4 Å². The minimum absolute atomic E-state index is 0.0172. The molecule has 14 nitrogen and oxygen atoms in total. The van der Waals surface area contributed by atoms with Crippen molar-refractivity contribution in [3.8, 4) is 0 Å². The van der Waals surface area contributed by atoms with Gasteiger partial charge in [-0.1, -0.05) is 46.0 Å². The van der Waals surface area contributed by atoms with Gasteiger partial charge in [-0.05, 0) is 32.1 Å². The molecule has 7 N–H and O–H groups in total. The van der Waals surface area contributed by atoms with Gasteiger partial charge in [-0.25, -0.2) is 0 Å². The van der Waals surface area contributed by atoms with Crippen molar-refractivity contribution in [2.24, 2.45) is 11.8 Å². The summed E-state index contributed by atoms with van der Waals surface area (Å²) in [6.07, 6.45) is -17.5. The van der Waals surface area contributed by atoms with Gasteiger partial charge in [0.1, 0.15) is 48.9 Å². The largest absolute Gasteiger partial charge is 0.417 e. The van der Waals surface area contributed by atoms with Gasteiger partial charge in [0.15, 0.2) is 12.4 Å². The van der Waals surface area contributed by atoms with Crippen LogP contribution in [-0.2, 0) is 28.6 Å². The molecule has 1 amide bonds. The lowest BCUT2D eigenvalue weighted by molar-refractivity contribution is -0.411. The molecule has 0 radical (unpaired) electrons. The molecule has 0 spiro atoms. The number of hydrogen-bond acceptors (Lipinski definition) is 13. The Morgan fingerprint density at radius 1 is 0.917 bits per heavy atom. The van der Waals surface area contributed by atoms with Crippen LogP contribution >= 0.6 is 0 Å². The fourth-order valence-electron chi connectivity index (χ4n) is 6.82. The molecule has 17 heteroatoms. The van der Waals surface area contributed by atoms with Crippen molar-refractivity contribution in [3.63, 3.8) is 0 Å². The van der Waals surface area contributed by atoms with Crippen molar-refractivity contribution in [1.29, 1.82) is 0 Å². The van der Waals surface area contributed by atoms with Crippen LogP contribution in [0, 0.1) is 11.8 Å². The summed E-state index contributed by atoms with van der Waals surface area (Å²) in [5.41, 5.74) is 0. The average Bonchev–Trinajstić information content (AvgIpc) is 3.05. The summed E-state index contributed by atoms with van der Waals surface area (Å²) in [4.78, 5) is 18.6. The van der Waals surface area contributed by atoms with Gasteiger partial charge < -0.3 is 54.9 Å². The average molecular weight is 705 g/mol. The van der Waals surface area contributed by atoms with Crippen LogP contribution in [-0.4, -0.2) is 141 Å². The summed E-state index contributed by atoms with van der Waals surface area (Å²) in [6.45, 7) is 5.46. The van der Waals surface area contributed by atoms with E-state index in [-0.39, 0.29) is 13.2 Å². The SMILES string of the molecule is CCC(CC)C(OC1OC(C(F)(F)F)C(O)C(O)C1O)N(CC)OC1OC(CO)C(O)C(OC(CO)CC2CCCCC2)C1NC(C)=O. The molecule has 48 heavy (non-hydrogen) atoms. The molecule has 12 atom stereocenters. The van der Waals surface area contributed by atoms with Crippen LogP contribution in [0.3, 0.4) is 0 Å². The van der Waals surface area contributed by atoms with E-state index in [0.717, 1.165) is 32.1 Å². The number of hydroxylamine groups is 2. The minimum atomic E-state index is -5.09. The van der Waals surface area contributed by atoms with E-state index in [2.05, 4.69) is 5.32 Å². The number of aliphatic hydroxyl groups excluding tert-OH is 6. The second kappa shape index (κ2) is 18.9. The van der Waals surface area contributed by atoms with Crippen molar-refractivity contribution in [2.45, 2.75) is 159 Å². The Hall–Kier alpha value is -1.22. The number of ether oxygens (including phenoxy) is 4. The second-order valence-corrected chi connectivity index (χ2v) is 13.0. The van der Waals surface area contributed by atoms with Crippen molar-refractivity contribution < 1.29 is 72.4 Å². The van der Waals surface area contributed by atoms with Crippen molar-refractivity contribution in [3.05, 3.63) is 0 Å². The molecule has 2 saturated heterocycles. The highest BCUT2D eigenvalue weighted by Gasteiger charge is 2.56. The number of nitrogens with one attached hydrogen (secondary N) is 1. The molecular weight excluding hydrogens is 649 g/mol. The van der Waals surface area contributed by atoms with E-state index >= 15 is 0 Å². The third-order valence-corrected chi connectivity index (χ3v) is 9.55. The molecule has 3 aliphatic rings. The second-order valence-electron chi connectivity index (χ2n) is 13.0. The van der Waals surface area contributed by atoms with Gasteiger partial charge in [0.2, 0.25) is 12.2 Å². The highest BCUT2D eigenvalue weighted by Crippen LogP contribution is 2.36. The highest BCUT2D eigenvalue weighted by atomic mass is 19.4. The maximum Gasteiger partial charge on any atom is 0.417 e. The number of nitrogens with zero attached hydrogens (tertiary/aromatic N) is 1. The standard InChI is InChI=1S/C31H55F3N2O12/c1-5-18(6-2)28(47-30-25(43)23(41)24(42)27(46-30)31(32,33)34)36(7-3)48-29-21(35-16(4)39)26(22(40)20(15-38)45-29)44-19(14-37)13-17-11-9-8-10-12-17/h17-30,37-38,40-43H,5-15H2,1-4H3,(H,35,39). The fourth-order valence-corrected chi connectivity index (χ4v) is 6.82. The monoisotopic (exact) mass is 704 g/mol. The van der Waals surface area contributed by atoms with Crippen LogP contribution in [0.25, 0.3) is 0 Å². The van der Waals surface area contributed by atoms with Crippen molar-refractivity contribution in [1.82, 2.24) is 10.4 Å². The summed E-state index contributed by atoms with van der Waals surface area (Å²) in [5, 5.41) is 66.3. The first-order valence-corrected chi connectivity index (χ1v) is 17.0. The minimum Gasteiger partial charge on any atom is -0.394 e. The Bertz CT molecular complexity index is 960. The predicted molar refractivity (Wildman–Crippen MR) is 161 cm³/mol. The number of halogens is 3. The Balaban J connectivity index is 1.91. The third kappa shape index (κ3) is 10.4. The van der Waals surface area contributed by atoms with Crippen LogP contribution in [0.5, 0.6) is 0 Å². The molecule has 2 aliphatic heterocycles. The number of carbonyl (C=O) groups is 1. The van der Waals surface area contributed by atoms with Gasteiger partial charge in [-0.15, -0.1) is 0 Å². The first-order valence-electron chi connectivity index (χ1n) is 17.0. The summed E-state index contributed by atoms with van der Waals surface area (Å²) >= 11 is 0. The van der Waals surface area contributed by atoms with Crippen LogP contribution in [0.2, 0.25) is 0 Å². The molecule has 2 heterocycles. The molecular formula is C31H55F3N2O12. The molecule has 282 valence electrons. The first kappa shape index (κ1) is 41.2. The number of amides is 1. The Morgan fingerprint density at radius 3 is 2.08 bits per heavy atom. The zero-order chi connectivity index (χ0) is 35.8. The zero-order valence-corrected chi connectivity index (χ0v) is 28.1. The van der Waals surface area contributed by atoms with Crippen LogP contribution in [0.1, 0.15) is 79.1 Å². The summed E-state index contributed by atoms with van der Waals surface area (Å²) in [7, 11) is 0. The Labute approximate surface area is 279 Å². The number of aliphatic hydroxyl groups is 6. The Morgan fingerprint density at radius 2 is 1.56 bits per heavy atom. The molecule has 3 fully saturated rings. The summed E-state index contributed by atoms with van der Waals surface area (Å²) in [5.74, 6) is -0.679. The fraction of sp³-hybridized carbons (Fsp3) is 0.968. The van der Waals surface area contributed by atoms with E-state index in [9.17, 15) is 48.6 Å². The van der Waals surface area contributed by atoms with Crippen LogP contribution in [0.15, 0.2) is 0 Å². The van der Waals surface area contributed by atoms with E-state index in [1.807, 2.05) is 0 Å². The first-order chi connectivity index (χ1) is 22.7. The predicted octanol–water partition coefficient (Wildman–Crippen LogP) is 0.688. The maximum atomic E-state index is 13.7. The van der Waals surface area contributed by atoms with Gasteiger partial charge >= 0.3 is 6.18 Å². The summed E-state index contributed by atoms with van der Waals surface area (Å²) in [6, 6.07) is -1.19. The lowest BCUT2D eigenvalue weighted by atomic mass is 9.85. The van der Waals surface area contributed by atoms with E-state index in [1.165, 1.54) is 12.0 Å². The van der Waals surface area contributed by atoms with Gasteiger partial charge in [0.05, 0.1) is 19.3 Å². The Kier molecular flexibility index (Phi) is 16.2. The molecule has 3 rings (SSSR count). The van der Waals surface area contributed by atoms with Crippen molar-refractivity contribution in [2.75, 3.05) is 19.8 Å².